The molecule has 1 aliphatic rings. The molecule has 3 aromatic rings. The normalized spacial score (nSPS) is 19.2. The van der Waals surface area contributed by atoms with Crippen LogP contribution in [-0.2, 0) is 16.8 Å². The van der Waals surface area contributed by atoms with Crippen LogP contribution in [0.1, 0.15) is 29.2 Å². The van der Waals surface area contributed by atoms with E-state index in [4.69, 9.17) is 0 Å². The molecule has 0 saturated heterocycles. The fraction of sp³-hybridized carbons (Fsp3) is 0.208. The molecule has 148 valence electrons. The molecule has 0 aromatic heterocycles. The molecule has 0 spiro atoms. The molecule has 5 heteroatoms. The molecule has 3 aromatic carbocycles. The van der Waals surface area contributed by atoms with Gasteiger partial charge in [0.05, 0.1) is 11.8 Å². The van der Waals surface area contributed by atoms with Crippen molar-refractivity contribution in [2.45, 2.75) is 24.5 Å². The molecule has 0 aliphatic carbocycles. The number of para-hydroxylation sites is 2. The fourth-order valence-electron chi connectivity index (χ4n) is 3.97. The summed E-state index contributed by atoms with van der Waals surface area (Å²) in [7, 11) is 0. The molecule has 2 atom stereocenters. The number of hydrogen-bond acceptors (Lipinski definition) is 4. The van der Waals surface area contributed by atoms with Crippen LogP contribution in [0, 0.1) is 0 Å². The monoisotopic (exact) mass is 389 g/mol. The maximum absolute atomic E-state index is 13.3. The Kier molecular flexibility index (Phi) is 5.09. The molecule has 0 fully saturated rings. The predicted octanol–water partition coefficient (Wildman–Crippen LogP) is 3.29. The number of anilines is 1. The number of amides is 1. The minimum absolute atomic E-state index is 0.0664. The van der Waals surface area contributed by atoms with Crippen LogP contribution in [0.15, 0.2) is 78.9 Å². The summed E-state index contributed by atoms with van der Waals surface area (Å²) >= 11 is 0. The van der Waals surface area contributed by atoms with Gasteiger partial charge in [0.1, 0.15) is 5.75 Å². The summed E-state index contributed by atoms with van der Waals surface area (Å²) in [6.45, 7) is 0.425. The largest absolute Gasteiger partial charge is 0.508 e. The second kappa shape index (κ2) is 7.70. The number of fused-ring (bicyclic) bond motifs is 1. The van der Waals surface area contributed by atoms with Gasteiger partial charge in [-0.05, 0) is 24.1 Å². The summed E-state index contributed by atoms with van der Waals surface area (Å²) in [5, 5.41) is 32.1. The highest BCUT2D eigenvalue weighted by Crippen LogP contribution is 2.45. The molecule has 5 nitrogen and oxygen atoms in total. The Hall–Kier alpha value is -3.15. The number of aliphatic hydroxyl groups is 2. The third kappa shape index (κ3) is 3.50. The number of phenolic OH excluding ortho intramolecular Hbond substituents is 1. The first-order chi connectivity index (χ1) is 14.0. The second-order valence-electron chi connectivity index (χ2n) is 7.35. The molecule has 0 saturated carbocycles. The molecule has 4 rings (SSSR count). The lowest BCUT2D eigenvalue weighted by atomic mass is 9.87. The summed E-state index contributed by atoms with van der Waals surface area (Å²) in [6.07, 6.45) is -0.770. The zero-order valence-corrected chi connectivity index (χ0v) is 15.9. The van der Waals surface area contributed by atoms with Crippen LogP contribution in [0.5, 0.6) is 5.75 Å². The van der Waals surface area contributed by atoms with Crippen molar-refractivity contribution in [3.05, 3.63) is 95.6 Å². The first-order valence-electron chi connectivity index (χ1n) is 9.64. The third-order valence-electron chi connectivity index (χ3n) is 5.49. The highest BCUT2D eigenvalue weighted by Gasteiger charge is 2.50. The molecular formula is C24H23NO4. The Bertz CT molecular complexity index is 1020. The second-order valence-corrected chi connectivity index (χ2v) is 7.35. The number of benzene rings is 3. The van der Waals surface area contributed by atoms with Gasteiger partial charge in [-0.3, -0.25) is 4.79 Å². The van der Waals surface area contributed by atoms with Crippen LogP contribution in [0.25, 0.3) is 0 Å². The number of aromatic hydroxyl groups is 1. The van der Waals surface area contributed by atoms with Gasteiger partial charge in [-0.25, -0.2) is 0 Å². The lowest BCUT2D eigenvalue weighted by molar-refractivity contribution is -0.139. The minimum atomic E-state index is -1.85. The third-order valence-corrected chi connectivity index (χ3v) is 5.49. The smallest absolute Gasteiger partial charge is 0.263 e. The van der Waals surface area contributed by atoms with Crippen LogP contribution >= 0.6 is 0 Å². The van der Waals surface area contributed by atoms with E-state index in [9.17, 15) is 20.1 Å². The highest BCUT2D eigenvalue weighted by atomic mass is 16.3. The van der Waals surface area contributed by atoms with Crippen molar-refractivity contribution in [3.8, 4) is 5.75 Å². The highest BCUT2D eigenvalue weighted by molar-refractivity contribution is 6.06. The van der Waals surface area contributed by atoms with Gasteiger partial charge in [-0.1, -0.05) is 66.7 Å². The van der Waals surface area contributed by atoms with Crippen molar-refractivity contribution in [2.75, 3.05) is 11.4 Å². The first kappa shape index (κ1) is 19.2. The first-order valence-corrected chi connectivity index (χ1v) is 9.64. The van der Waals surface area contributed by atoms with E-state index in [2.05, 4.69) is 0 Å². The summed E-state index contributed by atoms with van der Waals surface area (Å²) < 4.78 is 0. The summed E-state index contributed by atoms with van der Waals surface area (Å²) in [5.41, 5.74) is 0.666. The zero-order valence-electron chi connectivity index (χ0n) is 15.9. The SMILES string of the molecule is O=C1N(CCc2ccccc2)c2ccccc2C1(O)CC(O)c1ccccc1O. The molecule has 2 unspecified atom stereocenters. The van der Waals surface area contributed by atoms with E-state index in [0.29, 0.717) is 24.2 Å². The van der Waals surface area contributed by atoms with Gasteiger partial charge in [0.25, 0.3) is 5.91 Å². The number of carbonyl (C=O) groups is 1. The van der Waals surface area contributed by atoms with Gasteiger partial charge in [-0.2, -0.15) is 0 Å². The van der Waals surface area contributed by atoms with Crippen molar-refractivity contribution in [1.29, 1.82) is 0 Å². The number of nitrogens with zero attached hydrogens (tertiary/aromatic N) is 1. The molecule has 1 aliphatic heterocycles. The summed E-state index contributed by atoms with van der Waals surface area (Å²) in [5.74, 6) is -0.521. The van der Waals surface area contributed by atoms with Gasteiger partial charge in [0.15, 0.2) is 5.60 Å². The minimum Gasteiger partial charge on any atom is -0.508 e. The lowest BCUT2D eigenvalue weighted by Gasteiger charge is -2.26. The van der Waals surface area contributed by atoms with Gasteiger partial charge < -0.3 is 20.2 Å². The number of hydrogen-bond donors (Lipinski definition) is 3. The molecule has 3 N–H and O–H groups in total. The number of aliphatic hydroxyl groups excluding tert-OH is 1. The van der Waals surface area contributed by atoms with E-state index in [-0.39, 0.29) is 17.7 Å². The van der Waals surface area contributed by atoms with E-state index >= 15 is 0 Å². The summed E-state index contributed by atoms with van der Waals surface area (Å²) in [4.78, 5) is 14.8. The summed E-state index contributed by atoms with van der Waals surface area (Å²) in [6, 6.07) is 23.4. The van der Waals surface area contributed by atoms with Crippen LogP contribution < -0.4 is 4.90 Å². The van der Waals surface area contributed by atoms with E-state index in [1.54, 1.807) is 35.2 Å². The topological polar surface area (TPSA) is 81.0 Å². The Morgan fingerprint density at radius 3 is 2.31 bits per heavy atom. The quantitative estimate of drug-likeness (QED) is 0.604. The van der Waals surface area contributed by atoms with Crippen molar-refractivity contribution in [3.63, 3.8) is 0 Å². The zero-order chi connectivity index (χ0) is 20.4. The van der Waals surface area contributed by atoms with Crippen LogP contribution in [0.4, 0.5) is 5.69 Å². The number of rotatable bonds is 6. The van der Waals surface area contributed by atoms with Crippen LogP contribution in [-0.4, -0.2) is 27.8 Å². The number of phenols is 1. The van der Waals surface area contributed by atoms with E-state index < -0.39 is 17.6 Å². The van der Waals surface area contributed by atoms with Crippen LogP contribution in [0.3, 0.4) is 0 Å². The predicted molar refractivity (Wildman–Crippen MR) is 111 cm³/mol. The average molecular weight is 389 g/mol. The molecule has 29 heavy (non-hydrogen) atoms. The molecule has 1 amide bonds. The van der Waals surface area contributed by atoms with Crippen LogP contribution in [0.2, 0.25) is 0 Å². The number of carbonyl (C=O) groups excluding carboxylic acids is 1. The van der Waals surface area contributed by atoms with Gasteiger partial charge in [0.2, 0.25) is 0 Å². The maximum atomic E-state index is 13.3. The van der Waals surface area contributed by atoms with Gasteiger partial charge >= 0.3 is 0 Å². The van der Waals surface area contributed by atoms with Crippen molar-refractivity contribution >= 4 is 11.6 Å². The Balaban J connectivity index is 1.62. The molecule has 1 heterocycles. The van der Waals surface area contributed by atoms with Crippen molar-refractivity contribution in [1.82, 2.24) is 0 Å². The Morgan fingerprint density at radius 2 is 1.55 bits per heavy atom. The molecule has 0 radical (unpaired) electrons. The standard InChI is InChI=1S/C24H23NO4/c26-21-13-7-4-10-18(21)22(27)16-24(29)19-11-5-6-12-20(19)25(23(24)28)15-14-17-8-2-1-3-9-17/h1-13,22,26-27,29H,14-16H2. The Labute approximate surface area is 169 Å². The lowest BCUT2D eigenvalue weighted by Crippen LogP contribution is -2.42. The molecule has 0 bridgehead atoms. The van der Waals surface area contributed by atoms with Crippen molar-refractivity contribution < 1.29 is 20.1 Å². The Morgan fingerprint density at radius 1 is 0.897 bits per heavy atom. The van der Waals surface area contributed by atoms with Crippen molar-refractivity contribution in [2.24, 2.45) is 0 Å². The van der Waals surface area contributed by atoms with E-state index in [1.807, 2.05) is 42.5 Å². The maximum Gasteiger partial charge on any atom is 0.263 e. The van der Waals surface area contributed by atoms with Gasteiger partial charge in [-0.15, -0.1) is 0 Å². The van der Waals surface area contributed by atoms with E-state index in [1.165, 1.54) is 6.07 Å². The van der Waals surface area contributed by atoms with E-state index in [0.717, 1.165) is 5.56 Å². The fourth-order valence-corrected chi connectivity index (χ4v) is 3.97. The van der Waals surface area contributed by atoms with Gasteiger partial charge in [0, 0.05) is 24.1 Å². The average Bonchev–Trinajstić information content (AvgIpc) is 2.94. The molecular weight excluding hydrogens is 366 g/mol.